The van der Waals surface area contributed by atoms with Crippen molar-refractivity contribution in [2.75, 3.05) is 13.7 Å². The molecule has 0 aliphatic rings. The number of hydrogen-bond donors (Lipinski definition) is 1. The fraction of sp³-hybridized carbons (Fsp3) is 0.190. The van der Waals surface area contributed by atoms with E-state index in [1.807, 2.05) is 43.3 Å². The monoisotopic (exact) mass is 430 g/mol. The topological polar surface area (TPSA) is 77.5 Å². The summed E-state index contributed by atoms with van der Waals surface area (Å²) in [4.78, 5) is 28.6. The minimum Gasteiger partial charge on any atom is -0.497 e. The first kappa shape index (κ1) is 20.8. The van der Waals surface area contributed by atoms with E-state index in [-0.39, 0.29) is 18.3 Å². The number of aromatic nitrogens is 1. The lowest BCUT2D eigenvalue weighted by molar-refractivity contribution is -0.124. The van der Waals surface area contributed by atoms with Crippen LogP contribution in [0.25, 0.3) is 10.6 Å². The number of halogens is 1. The van der Waals surface area contributed by atoms with Gasteiger partial charge in [-0.05, 0) is 48.9 Å². The maximum atomic E-state index is 12.2. The van der Waals surface area contributed by atoms with Gasteiger partial charge in [0.05, 0.1) is 13.2 Å². The van der Waals surface area contributed by atoms with Gasteiger partial charge >= 0.3 is 5.97 Å². The summed E-state index contributed by atoms with van der Waals surface area (Å²) < 4.78 is 10.2. The van der Waals surface area contributed by atoms with Gasteiger partial charge in [0.25, 0.3) is 5.91 Å². The van der Waals surface area contributed by atoms with Crippen molar-refractivity contribution < 1.29 is 19.1 Å². The van der Waals surface area contributed by atoms with Gasteiger partial charge in [0.1, 0.15) is 10.8 Å². The van der Waals surface area contributed by atoms with Crippen molar-refractivity contribution in [1.82, 2.24) is 10.3 Å². The quantitative estimate of drug-likeness (QED) is 0.558. The lowest BCUT2D eigenvalue weighted by Gasteiger charge is -2.14. The average Bonchev–Trinajstić information content (AvgIpc) is 3.23. The van der Waals surface area contributed by atoms with Gasteiger partial charge in [-0.3, -0.25) is 4.79 Å². The van der Waals surface area contributed by atoms with Crippen LogP contribution < -0.4 is 10.1 Å². The number of benzene rings is 2. The Balaban J connectivity index is 1.53. The summed E-state index contributed by atoms with van der Waals surface area (Å²) in [5, 5.41) is 5.69. The number of carbonyl (C=O) groups is 2. The Hall–Kier alpha value is -2.90. The van der Waals surface area contributed by atoms with Crippen LogP contribution in [-0.4, -0.2) is 30.6 Å². The molecular formula is C21H19ClN2O4S. The van der Waals surface area contributed by atoms with Crippen molar-refractivity contribution in [2.24, 2.45) is 0 Å². The van der Waals surface area contributed by atoms with Gasteiger partial charge in [0, 0.05) is 16.0 Å². The van der Waals surface area contributed by atoms with E-state index in [0.717, 1.165) is 16.9 Å². The van der Waals surface area contributed by atoms with E-state index < -0.39 is 11.9 Å². The van der Waals surface area contributed by atoms with Crippen molar-refractivity contribution in [3.05, 3.63) is 70.2 Å². The third-order valence-corrected chi connectivity index (χ3v) is 5.28. The average molecular weight is 431 g/mol. The molecule has 3 aromatic rings. The zero-order valence-electron chi connectivity index (χ0n) is 15.8. The number of nitrogens with zero attached hydrogens (tertiary/aromatic N) is 1. The van der Waals surface area contributed by atoms with Crippen LogP contribution in [0.1, 0.15) is 29.0 Å². The van der Waals surface area contributed by atoms with E-state index in [1.165, 1.54) is 11.3 Å². The number of carbonyl (C=O) groups excluding carboxylic acids is 2. The second kappa shape index (κ2) is 9.54. The zero-order valence-corrected chi connectivity index (χ0v) is 17.4. The lowest BCUT2D eigenvalue weighted by Crippen LogP contribution is -2.31. The predicted octanol–water partition coefficient (Wildman–Crippen LogP) is 4.51. The SMILES string of the molecule is COc1ccc(-c2nc(C(=O)OCC(=O)NC(C)c3ccc(Cl)cc3)cs2)cc1. The van der Waals surface area contributed by atoms with E-state index in [4.69, 9.17) is 21.1 Å². The fourth-order valence-corrected chi connectivity index (χ4v) is 3.48. The molecule has 29 heavy (non-hydrogen) atoms. The van der Waals surface area contributed by atoms with Crippen molar-refractivity contribution in [2.45, 2.75) is 13.0 Å². The molecule has 1 aromatic heterocycles. The molecule has 1 unspecified atom stereocenters. The molecule has 1 N–H and O–H groups in total. The number of ether oxygens (including phenoxy) is 2. The van der Waals surface area contributed by atoms with E-state index in [2.05, 4.69) is 10.3 Å². The number of amides is 1. The number of thiazole rings is 1. The maximum Gasteiger partial charge on any atom is 0.358 e. The summed E-state index contributed by atoms with van der Waals surface area (Å²) in [6.07, 6.45) is 0. The molecule has 1 amide bonds. The van der Waals surface area contributed by atoms with Gasteiger partial charge in [0.2, 0.25) is 0 Å². The summed E-state index contributed by atoms with van der Waals surface area (Å²) in [6.45, 7) is 1.46. The normalized spacial score (nSPS) is 11.6. The Labute approximate surface area is 177 Å². The van der Waals surface area contributed by atoms with E-state index >= 15 is 0 Å². The Bertz CT molecular complexity index is 987. The zero-order chi connectivity index (χ0) is 20.8. The molecule has 2 aromatic carbocycles. The van der Waals surface area contributed by atoms with Crippen LogP contribution in [-0.2, 0) is 9.53 Å². The van der Waals surface area contributed by atoms with Crippen molar-refractivity contribution in [3.63, 3.8) is 0 Å². The van der Waals surface area contributed by atoms with Crippen LogP contribution in [0, 0.1) is 0 Å². The molecule has 0 saturated heterocycles. The molecule has 150 valence electrons. The van der Waals surface area contributed by atoms with Crippen molar-refractivity contribution in [1.29, 1.82) is 0 Å². The Kier molecular flexibility index (Phi) is 6.85. The molecule has 0 fully saturated rings. The van der Waals surface area contributed by atoms with Gasteiger partial charge in [0.15, 0.2) is 12.3 Å². The summed E-state index contributed by atoms with van der Waals surface area (Å²) in [6, 6.07) is 14.3. The van der Waals surface area contributed by atoms with Crippen LogP contribution in [0.5, 0.6) is 5.75 Å². The molecule has 1 atom stereocenters. The van der Waals surface area contributed by atoms with Gasteiger partial charge in [-0.25, -0.2) is 9.78 Å². The molecule has 8 heteroatoms. The lowest BCUT2D eigenvalue weighted by atomic mass is 10.1. The van der Waals surface area contributed by atoms with E-state index in [9.17, 15) is 9.59 Å². The number of methoxy groups -OCH3 is 1. The van der Waals surface area contributed by atoms with Crippen LogP contribution in [0.3, 0.4) is 0 Å². The second-order valence-electron chi connectivity index (χ2n) is 6.18. The number of esters is 1. The highest BCUT2D eigenvalue weighted by atomic mass is 35.5. The molecule has 0 aliphatic carbocycles. The van der Waals surface area contributed by atoms with Crippen molar-refractivity contribution in [3.8, 4) is 16.3 Å². The highest BCUT2D eigenvalue weighted by molar-refractivity contribution is 7.13. The molecule has 0 saturated carbocycles. The Morgan fingerprint density at radius 3 is 2.48 bits per heavy atom. The largest absolute Gasteiger partial charge is 0.497 e. The maximum absolute atomic E-state index is 12.2. The predicted molar refractivity (Wildman–Crippen MR) is 112 cm³/mol. The van der Waals surface area contributed by atoms with Crippen LogP contribution in [0.15, 0.2) is 53.9 Å². The molecule has 0 radical (unpaired) electrons. The first-order chi connectivity index (χ1) is 14.0. The Morgan fingerprint density at radius 1 is 1.14 bits per heavy atom. The summed E-state index contributed by atoms with van der Waals surface area (Å²) in [7, 11) is 1.60. The number of hydrogen-bond acceptors (Lipinski definition) is 6. The minimum atomic E-state index is -0.643. The van der Waals surface area contributed by atoms with Gasteiger partial charge in [-0.2, -0.15) is 0 Å². The Morgan fingerprint density at radius 2 is 1.83 bits per heavy atom. The standard InChI is InChI=1S/C21H19ClN2O4S/c1-13(14-3-7-16(22)8-4-14)23-19(25)11-28-21(26)18-12-29-20(24-18)15-5-9-17(27-2)10-6-15/h3-10,12-13H,11H2,1-2H3,(H,23,25). The molecule has 0 aliphatic heterocycles. The van der Waals surface area contributed by atoms with Gasteiger partial charge in [-0.15, -0.1) is 11.3 Å². The first-order valence-electron chi connectivity index (χ1n) is 8.78. The molecule has 1 heterocycles. The molecule has 0 spiro atoms. The summed E-state index contributed by atoms with van der Waals surface area (Å²) in [5.41, 5.74) is 1.93. The summed E-state index contributed by atoms with van der Waals surface area (Å²) >= 11 is 7.19. The first-order valence-corrected chi connectivity index (χ1v) is 10.0. The number of nitrogens with one attached hydrogen (secondary N) is 1. The van der Waals surface area contributed by atoms with Crippen LogP contribution in [0.4, 0.5) is 0 Å². The van der Waals surface area contributed by atoms with Gasteiger partial charge < -0.3 is 14.8 Å². The second-order valence-corrected chi connectivity index (χ2v) is 7.48. The minimum absolute atomic E-state index is 0.166. The van der Waals surface area contributed by atoms with E-state index in [1.54, 1.807) is 24.6 Å². The fourth-order valence-electron chi connectivity index (χ4n) is 2.56. The molecule has 0 bridgehead atoms. The molecular weight excluding hydrogens is 412 g/mol. The summed E-state index contributed by atoms with van der Waals surface area (Å²) in [5.74, 6) is -0.300. The highest BCUT2D eigenvalue weighted by Gasteiger charge is 2.16. The van der Waals surface area contributed by atoms with Crippen LogP contribution >= 0.6 is 22.9 Å². The number of rotatable bonds is 7. The van der Waals surface area contributed by atoms with Crippen LogP contribution in [0.2, 0.25) is 5.02 Å². The van der Waals surface area contributed by atoms with Gasteiger partial charge in [-0.1, -0.05) is 23.7 Å². The van der Waals surface area contributed by atoms with E-state index in [0.29, 0.717) is 10.0 Å². The third kappa shape index (κ3) is 5.56. The third-order valence-electron chi connectivity index (χ3n) is 4.13. The highest BCUT2D eigenvalue weighted by Crippen LogP contribution is 2.26. The molecule has 6 nitrogen and oxygen atoms in total. The van der Waals surface area contributed by atoms with Crippen molar-refractivity contribution >= 4 is 34.8 Å². The smallest absolute Gasteiger partial charge is 0.358 e. The molecule has 3 rings (SSSR count).